The van der Waals surface area contributed by atoms with Gasteiger partial charge in [0.1, 0.15) is 0 Å². The maximum Gasteiger partial charge on any atom is 0.0828 e. The van der Waals surface area contributed by atoms with Gasteiger partial charge in [-0.05, 0) is 25.2 Å². The van der Waals surface area contributed by atoms with Crippen molar-refractivity contribution in [2.24, 2.45) is 5.41 Å². The van der Waals surface area contributed by atoms with E-state index in [0.717, 1.165) is 18.7 Å². The maximum absolute atomic E-state index is 4.26. The largest absolute Gasteiger partial charge is 0.249 e. The van der Waals surface area contributed by atoms with Crippen LogP contribution < -0.4 is 0 Å². The average Bonchev–Trinajstić information content (AvgIpc) is 2.54. The molecule has 0 radical (unpaired) electrons. The second-order valence-corrected chi connectivity index (χ2v) is 6.14. The summed E-state index contributed by atoms with van der Waals surface area (Å²) in [5, 5.41) is 8.48. The van der Waals surface area contributed by atoms with Crippen LogP contribution in [0.5, 0.6) is 0 Å². The molecular formula is C14H27N3. The van der Waals surface area contributed by atoms with Gasteiger partial charge in [0.05, 0.1) is 11.4 Å². The van der Waals surface area contributed by atoms with Gasteiger partial charge in [0, 0.05) is 6.54 Å². The first-order chi connectivity index (χ1) is 7.94. The van der Waals surface area contributed by atoms with Gasteiger partial charge < -0.3 is 0 Å². The molecule has 0 saturated heterocycles. The first-order valence-electron chi connectivity index (χ1n) is 6.83. The monoisotopic (exact) mass is 237 g/mol. The molecule has 1 rings (SSSR count). The molecule has 0 aromatic carbocycles. The Kier molecular flexibility index (Phi) is 5.16. The lowest BCUT2D eigenvalue weighted by atomic mass is 9.90. The van der Waals surface area contributed by atoms with E-state index in [-0.39, 0.29) is 0 Å². The summed E-state index contributed by atoms with van der Waals surface area (Å²) < 4.78 is 2.11. The number of rotatable bonds is 6. The number of unbranched alkanes of at least 4 members (excludes halogenated alkanes) is 3. The highest BCUT2D eigenvalue weighted by atomic mass is 15.4. The second-order valence-electron chi connectivity index (χ2n) is 6.14. The topological polar surface area (TPSA) is 30.7 Å². The summed E-state index contributed by atoms with van der Waals surface area (Å²) in [4.78, 5) is 0. The summed E-state index contributed by atoms with van der Waals surface area (Å²) in [5.41, 5.74) is 2.71. The van der Waals surface area contributed by atoms with Crippen molar-refractivity contribution in [1.29, 1.82) is 0 Å². The fourth-order valence-electron chi connectivity index (χ4n) is 2.01. The highest BCUT2D eigenvalue weighted by Gasteiger charge is 2.17. The Labute approximate surface area is 106 Å². The molecule has 0 N–H and O–H groups in total. The van der Waals surface area contributed by atoms with Gasteiger partial charge in [-0.25, -0.2) is 4.68 Å². The van der Waals surface area contributed by atoms with Crippen LogP contribution in [-0.4, -0.2) is 15.0 Å². The van der Waals surface area contributed by atoms with Gasteiger partial charge in [-0.15, -0.1) is 5.10 Å². The molecule has 1 aromatic heterocycles. The van der Waals surface area contributed by atoms with Gasteiger partial charge in [0.15, 0.2) is 0 Å². The van der Waals surface area contributed by atoms with Gasteiger partial charge in [-0.2, -0.15) is 0 Å². The summed E-state index contributed by atoms with van der Waals surface area (Å²) in [6, 6.07) is 0. The van der Waals surface area contributed by atoms with Gasteiger partial charge in [-0.1, -0.05) is 52.2 Å². The highest BCUT2D eigenvalue weighted by molar-refractivity contribution is 5.09. The van der Waals surface area contributed by atoms with Crippen LogP contribution in [0.15, 0.2) is 0 Å². The predicted molar refractivity (Wildman–Crippen MR) is 72.1 cm³/mol. The van der Waals surface area contributed by atoms with Gasteiger partial charge >= 0.3 is 0 Å². The van der Waals surface area contributed by atoms with E-state index < -0.39 is 0 Å². The lowest BCUT2D eigenvalue weighted by Gasteiger charge is -2.19. The van der Waals surface area contributed by atoms with Crippen LogP contribution in [0.4, 0.5) is 0 Å². The number of aryl methyl sites for hydroxylation is 2. The fourth-order valence-corrected chi connectivity index (χ4v) is 2.01. The molecule has 0 aliphatic carbocycles. The Morgan fingerprint density at radius 1 is 1.12 bits per heavy atom. The molecule has 17 heavy (non-hydrogen) atoms. The van der Waals surface area contributed by atoms with Crippen molar-refractivity contribution in [3.05, 3.63) is 11.4 Å². The Hall–Kier alpha value is -0.860. The van der Waals surface area contributed by atoms with Crippen LogP contribution in [0.1, 0.15) is 64.8 Å². The van der Waals surface area contributed by atoms with Crippen molar-refractivity contribution in [2.75, 3.05) is 0 Å². The lowest BCUT2D eigenvalue weighted by Crippen LogP contribution is -2.15. The predicted octanol–water partition coefficient (Wildman–Crippen LogP) is 3.76. The standard InChI is InChI=1S/C14H27N3/c1-6-7-8-9-10-17-13(11-14(3,4)5)12(2)15-16-17/h6-11H2,1-5H3. The van der Waals surface area contributed by atoms with Gasteiger partial charge in [0.2, 0.25) is 0 Å². The summed E-state index contributed by atoms with van der Waals surface area (Å²) in [6.45, 7) is 12.1. The highest BCUT2D eigenvalue weighted by Crippen LogP contribution is 2.22. The molecule has 0 atom stereocenters. The summed E-state index contributed by atoms with van der Waals surface area (Å²) >= 11 is 0. The molecule has 0 aliphatic rings. The Balaban J connectivity index is 2.60. The number of nitrogens with zero attached hydrogens (tertiary/aromatic N) is 3. The van der Waals surface area contributed by atoms with E-state index in [0.29, 0.717) is 5.41 Å². The molecule has 3 heteroatoms. The van der Waals surface area contributed by atoms with Crippen molar-refractivity contribution >= 4 is 0 Å². The van der Waals surface area contributed by atoms with E-state index in [2.05, 4.69) is 49.6 Å². The van der Waals surface area contributed by atoms with E-state index in [9.17, 15) is 0 Å². The number of hydrogen-bond acceptors (Lipinski definition) is 2. The zero-order valence-corrected chi connectivity index (χ0v) is 12.1. The average molecular weight is 237 g/mol. The van der Waals surface area contributed by atoms with Crippen LogP contribution >= 0.6 is 0 Å². The van der Waals surface area contributed by atoms with E-state index in [1.807, 2.05) is 0 Å². The Bertz CT molecular complexity index is 334. The second kappa shape index (κ2) is 6.18. The zero-order chi connectivity index (χ0) is 12.9. The summed E-state index contributed by atoms with van der Waals surface area (Å²) in [5.74, 6) is 0. The third-order valence-corrected chi connectivity index (χ3v) is 2.95. The van der Waals surface area contributed by atoms with Crippen molar-refractivity contribution in [1.82, 2.24) is 15.0 Å². The zero-order valence-electron chi connectivity index (χ0n) is 12.1. The minimum Gasteiger partial charge on any atom is -0.249 e. The van der Waals surface area contributed by atoms with Crippen LogP contribution in [0, 0.1) is 12.3 Å². The van der Waals surface area contributed by atoms with E-state index in [1.165, 1.54) is 31.4 Å². The molecule has 0 saturated carbocycles. The van der Waals surface area contributed by atoms with Gasteiger partial charge in [0.25, 0.3) is 0 Å². The van der Waals surface area contributed by atoms with Crippen molar-refractivity contribution in [3.8, 4) is 0 Å². The molecule has 0 unspecified atom stereocenters. The SMILES string of the molecule is CCCCCCn1nnc(C)c1CC(C)(C)C. The third-order valence-electron chi connectivity index (χ3n) is 2.95. The molecule has 98 valence electrons. The van der Waals surface area contributed by atoms with E-state index >= 15 is 0 Å². The minimum absolute atomic E-state index is 0.299. The first-order valence-corrected chi connectivity index (χ1v) is 6.83. The number of hydrogen-bond donors (Lipinski definition) is 0. The molecule has 0 bridgehead atoms. The summed E-state index contributed by atoms with van der Waals surface area (Å²) in [6.07, 6.45) is 6.17. The van der Waals surface area contributed by atoms with Crippen LogP contribution in [-0.2, 0) is 13.0 Å². The molecule has 0 aliphatic heterocycles. The molecule has 1 heterocycles. The number of aromatic nitrogens is 3. The smallest absolute Gasteiger partial charge is 0.0828 e. The van der Waals surface area contributed by atoms with Crippen molar-refractivity contribution in [3.63, 3.8) is 0 Å². The van der Waals surface area contributed by atoms with Crippen molar-refractivity contribution in [2.45, 2.75) is 73.3 Å². The first kappa shape index (κ1) is 14.2. The van der Waals surface area contributed by atoms with Crippen LogP contribution in [0.25, 0.3) is 0 Å². The van der Waals surface area contributed by atoms with E-state index in [1.54, 1.807) is 0 Å². The van der Waals surface area contributed by atoms with Crippen LogP contribution in [0.2, 0.25) is 0 Å². The molecule has 0 fully saturated rings. The quantitative estimate of drug-likeness (QED) is 0.705. The molecule has 0 spiro atoms. The lowest BCUT2D eigenvalue weighted by molar-refractivity contribution is 0.387. The van der Waals surface area contributed by atoms with E-state index in [4.69, 9.17) is 0 Å². The maximum atomic E-state index is 4.26. The molecule has 3 nitrogen and oxygen atoms in total. The molecule has 0 amide bonds. The molecule has 1 aromatic rings. The fraction of sp³-hybridized carbons (Fsp3) is 0.857. The molecular weight excluding hydrogens is 210 g/mol. The third kappa shape index (κ3) is 4.88. The normalized spacial score (nSPS) is 12.1. The Morgan fingerprint density at radius 3 is 2.41 bits per heavy atom. The van der Waals surface area contributed by atoms with Crippen LogP contribution in [0.3, 0.4) is 0 Å². The summed E-state index contributed by atoms with van der Waals surface area (Å²) in [7, 11) is 0. The Morgan fingerprint density at radius 2 is 1.82 bits per heavy atom. The minimum atomic E-state index is 0.299. The van der Waals surface area contributed by atoms with Gasteiger partial charge in [-0.3, -0.25) is 0 Å². The van der Waals surface area contributed by atoms with Crippen molar-refractivity contribution < 1.29 is 0 Å².